The lowest BCUT2D eigenvalue weighted by atomic mass is 9.87. The molecule has 2 rings (SSSR count). The first-order chi connectivity index (χ1) is 8.69. The number of hydrogen-bond donors (Lipinski definition) is 1. The largest absolute Gasteiger partial charge is 0.382 e. The van der Waals surface area contributed by atoms with Crippen molar-refractivity contribution >= 4 is 5.69 Å². The summed E-state index contributed by atoms with van der Waals surface area (Å²) in [5.41, 5.74) is 2.75. The predicted octanol–water partition coefficient (Wildman–Crippen LogP) is 5.19. The minimum atomic E-state index is 0.675. The third-order valence-corrected chi connectivity index (χ3v) is 4.40. The zero-order valence-electron chi connectivity index (χ0n) is 12.1. The van der Waals surface area contributed by atoms with Crippen LogP contribution in [0.4, 0.5) is 5.69 Å². The summed E-state index contributed by atoms with van der Waals surface area (Å²) in [5, 5.41) is 3.70. The molecule has 100 valence electrons. The lowest BCUT2D eigenvalue weighted by molar-refractivity contribution is 0.358. The normalized spacial score (nSPS) is 25.7. The molecule has 1 aliphatic rings. The molecule has 0 bridgehead atoms. The molecule has 1 fully saturated rings. The molecule has 1 aromatic carbocycles. The topological polar surface area (TPSA) is 12.0 Å². The fourth-order valence-corrected chi connectivity index (χ4v) is 2.94. The first-order valence-electron chi connectivity index (χ1n) is 7.55. The van der Waals surface area contributed by atoms with Crippen molar-refractivity contribution in [3.05, 3.63) is 29.8 Å². The summed E-state index contributed by atoms with van der Waals surface area (Å²) < 4.78 is 0. The van der Waals surface area contributed by atoms with E-state index < -0.39 is 0 Å². The number of rotatable bonds is 4. The molecule has 0 aliphatic heterocycles. The van der Waals surface area contributed by atoms with Gasteiger partial charge in [0.2, 0.25) is 0 Å². The molecule has 1 aromatic rings. The monoisotopic (exact) mass is 245 g/mol. The number of hydrogen-bond acceptors (Lipinski definition) is 1. The van der Waals surface area contributed by atoms with Gasteiger partial charge in [-0.1, -0.05) is 45.7 Å². The lowest BCUT2D eigenvalue weighted by Crippen LogP contribution is -2.26. The Morgan fingerprint density at radius 1 is 1.22 bits per heavy atom. The summed E-state index contributed by atoms with van der Waals surface area (Å²) >= 11 is 0. The van der Waals surface area contributed by atoms with E-state index in [4.69, 9.17) is 0 Å². The van der Waals surface area contributed by atoms with Crippen LogP contribution in [0.5, 0.6) is 0 Å². The molecule has 1 heteroatoms. The molecule has 3 unspecified atom stereocenters. The van der Waals surface area contributed by atoms with Gasteiger partial charge in [0.1, 0.15) is 0 Å². The number of nitrogens with one attached hydrogen (secondary N) is 1. The molecule has 3 atom stereocenters. The molecule has 1 nitrogen and oxygen atoms in total. The highest BCUT2D eigenvalue weighted by Gasteiger charge is 2.18. The Kier molecular flexibility index (Phi) is 4.68. The van der Waals surface area contributed by atoms with E-state index in [0.29, 0.717) is 12.0 Å². The standard InChI is InChI=1S/C17H27N/c1-4-14(3)15-8-10-16(11-9-15)18-17-7-5-6-13(2)12-17/h8-11,13-14,17-18H,4-7,12H2,1-3H3. The van der Waals surface area contributed by atoms with Crippen molar-refractivity contribution in [2.45, 2.75) is 64.8 Å². The summed E-state index contributed by atoms with van der Waals surface area (Å²) in [6, 6.07) is 9.75. The molecule has 1 N–H and O–H groups in total. The van der Waals surface area contributed by atoms with E-state index in [1.54, 1.807) is 0 Å². The highest BCUT2D eigenvalue weighted by atomic mass is 14.9. The molecule has 0 aromatic heterocycles. The average Bonchev–Trinajstić information content (AvgIpc) is 2.39. The van der Waals surface area contributed by atoms with Crippen LogP contribution >= 0.6 is 0 Å². The van der Waals surface area contributed by atoms with Crippen LogP contribution in [0.15, 0.2) is 24.3 Å². The van der Waals surface area contributed by atoms with E-state index >= 15 is 0 Å². The fourth-order valence-electron chi connectivity index (χ4n) is 2.94. The van der Waals surface area contributed by atoms with Gasteiger partial charge in [-0.15, -0.1) is 0 Å². The van der Waals surface area contributed by atoms with Gasteiger partial charge in [0.25, 0.3) is 0 Å². The van der Waals surface area contributed by atoms with E-state index in [-0.39, 0.29) is 0 Å². The third-order valence-electron chi connectivity index (χ3n) is 4.40. The van der Waals surface area contributed by atoms with E-state index in [1.165, 1.54) is 43.4 Å². The van der Waals surface area contributed by atoms with Crippen molar-refractivity contribution in [3.63, 3.8) is 0 Å². The average molecular weight is 245 g/mol. The first-order valence-corrected chi connectivity index (χ1v) is 7.55. The van der Waals surface area contributed by atoms with E-state index in [9.17, 15) is 0 Å². The highest BCUT2D eigenvalue weighted by Crippen LogP contribution is 2.27. The van der Waals surface area contributed by atoms with Crippen LogP contribution in [0.3, 0.4) is 0 Å². The van der Waals surface area contributed by atoms with Crippen LogP contribution in [0.2, 0.25) is 0 Å². The number of anilines is 1. The van der Waals surface area contributed by atoms with Crippen LogP contribution in [-0.4, -0.2) is 6.04 Å². The van der Waals surface area contributed by atoms with Crippen molar-refractivity contribution < 1.29 is 0 Å². The van der Waals surface area contributed by atoms with Crippen LogP contribution in [0.25, 0.3) is 0 Å². The first kappa shape index (κ1) is 13.5. The summed E-state index contributed by atoms with van der Waals surface area (Å²) in [4.78, 5) is 0. The second kappa shape index (κ2) is 6.26. The van der Waals surface area contributed by atoms with Crippen molar-refractivity contribution in [2.24, 2.45) is 5.92 Å². The second-order valence-electron chi connectivity index (χ2n) is 6.04. The van der Waals surface area contributed by atoms with Crippen LogP contribution in [0.1, 0.15) is 64.4 Å². The third kappa shape index (κ3) is 3.51. The Balaban J connectivity index is 1.93. The molecule has 1 aliphatic carbocycles. The van der Waals surface area contributed by atoms with Gasteiger partial charge in [0.05, 0.1) is 0 Å². The molecular formula is C17H27N. The van der Waals surface area contributed by atoms with E-state index in [0.717, 1.165) is 5.92 Å². The number of benzene rings is 1. The summed E-state index contributed by atoms with van der Waals surface area (Å²) in [6.07, 6.45) is 6.66. The van der Waals surface area contributed by atoms with Gasteiger partial charge in [0.15, 0.2) is 0 Å². The quantitative estimate of drug-likeness (QED) is 0.769. The van der Waals surface area contributed by atoms with Gasteiger partial charge in [-0.3, -0.25) is 0 Å². The summed E-state index contributed by atoms with van der Waals surface area (Å²) in [6.45, 7) is 6.92. The Bertz CT molecular complexity index is 354. The van der Waals surface area contributed by atoms with Gasteiger partial charge in [0, 0.05) is 11.7 Å². The molecule has 0 saturated heterocycles. The van der Waals surface area contributed by atoms with Crippen molar-refractivity contribution in [2.75, 3.05) is 5.32 Å². The molecule has 0 radical (unpaired) electrons. The maximum absolute atomic E-state index is 3.70. The van der Waals surface area contributed by atoms with Crippen LogP contribution in [0, 0.1) is 5.92 Å². The summed E-state index contributed by atoms with van der Waals surface area (Å²) in [7, 11) is 0. The zero-order valence-corrected chi connectivity index (χ0v) is 12.1. The van der Waals surface area contributed by atoms with E-state index in [2.05, 4.69) is 50.4 Å². The Labute approximate surface area is 112 Å². The van der Waals surface area contributed by atoms with Crippen LogP contribution < -0.4 is 5.32 Å². The molecule has 1 saturated carbocycles. The maximum Gasteiger partial charge on any atom is 0.0342 e. The van der Waals surface area contributed by atoms with Gasteiger partial charge in [-0.2, -0.15) is 0 Å². The predicted molar refractivity (Wildman–Crippen MR) is 80.2 cm³/mol. The summed E-state index contributed by atoms with van der Waals surface area (Å²) in [5.74, 6) is 1.56. The molecule has 0 heterocycles. The van der Waals surface area contributed by atoms with Crippen molar-refractivity contribution in [1.29, 1.82) is 0 Å². The maximum atomic E-state index is 3.70. The molecule has 18 heavy (non-hydrogen) atoms. The Hall–Kier alpha value is -0.980. The highest BCUT2D eigenvalue weighted by molar-refractivity contribution is 5.46. The van der Waals surface area contributed by atoms with Gasteiger partial charge in [-0.25, -0.2) is 0 Å². The minimum absolute atomic E-state index is 0.675. The van der Waals surface area contributed by atoms with E-state index in [1.807, 2.05) is 0 Å². The van der Waals surface area contributed by atoms with Gasteiger partial charge in [-0.05, 0) is 48.8 Å². The molecular weight excluding hydrogens is 218 g/mol. The zero-order chi connectivity index (χ0) is 13.0. The smallest absolute Gasteiger partial charge is 0.0342 e. The lowest BCUT2D eigenvalue weighted by Gasteiger charge is -2.28. The Morgan fingerprint density at radius 2 is 1.94 bits per heavy atom. The Morgan fingerprint density at radius 3 is 2.56 bits per heavy atom. The minimum Gasteiger partial charge on any atom is -0.382 e. The van der Waals surface area contributed by atoms with Gasteiger partial charge < -0.3 is 5.32 Å². The van der Waals surface area contributed by atoms with Crippen molar-refractivity contribution in [3.8, 4) is 0 Å². The SMILES string of the molecule is CCC(C)c1ccc(NC2CCCC(C)C2)cc1. The van der Waals surface area contributed by atoms with Crippen LogP contribution in [-0.2, 0) is 0 Å². The van der Waals surface area contributed by atoms with Gasteiger partial charge >= 0.3 is 0 Å². The molecule has 0 amide bonds. The molecule has 0 spiro atoms. The van der Waals surface area contributed by atoms with Crippen molar-refractivity contribution in [1.82, 2.24) is 0 Å². The second-order valence-corrected chi connectivity index (χ2v) is 6.04. The fraction of sp³-hybridized carbons (Fsp3) is 0.647.